The second kappa shape index (κ2) is 7.71. The third-order valence-electron chi connectivity index (χ3n) is 4.28. The smallest absolute Gasteiger partial charge is 0.131 e. The fourth-order valence-electron chi connectivity index (χ4n) is 3.04. The lowest BCUT2D eigenvalue weighted by atomic mass is 9.93. The van der Waals surface area contributed by atoms with E-state index in [1.807, 2.05) is 56.3 Å². The Morgan fingerprint density at radius 1 is 0.920 bits per heavy atom. The Hall–Kier alpha value is -2.32. The van der Waals surface area contributed by atoms with E-state index in [1.54, 1.807) is 12.1 Å². The van der Waals surface area contributed by atoms with Gasteiger partial charge in [0.1, 0.15) is 18.2 Å². The summed E-state index contributed by atoms with van der Waals surface area (Å²) in [5.41, 5.74) is 4.15. The average molecular weight is 355 g/mol. The molecule has 0 bridgehead atoms. The van der Waals surface area contributed by atoms with Crippen LogP contribution in [0.15, 0.2) is 60.7 Å². The van der Waals surface area contributed by atoms with Gasteiger partial charge in [-0.1, -0.05) is 61.0 Å². The van der Waals surface area contributed by atoms with Crippen molar-refractivity contribution in [2.45, 2.75) is 26.9 Å². The first-order valence-corrected chi connectivity index (χ1v) is 8.73. The summed E-state index contributed by atoms with van der Waals surface area (Å²) in [6.07, 6.45) is 0.702. The van der Waals surface area contributed by atoms with Gasteiger partial charge in [0, 0.05) is 21.7 Å². The maximum absolute atomic E-state index is 14.5. The molecule has 0 aliphatic carbocycles. The molecule has 0 heterocycles. The molecular formula is C22H20ClFO. The van der Waals surface area contributed by atoms with Crippen molar-refractivity contribution < 1.29 is 9.13 Å². The lowest BCUT2D eigenvalue weighted by Crippen LogP contribution is -2.01. The van der Waals surface area contributed by atoms with Gasteiger partial charge in [-0.3, -0.25) is 0 Å². The van der Waals surface area contributed by atoms with Crippen LogP contribution in [0.3, 0.4) is 0 Å². The maximum atomic E-state index is 14.5. The Bertz CT molecular complexity index is 854. The zero-order valence-electron chi connectivity index (χ0n) is 14.4. The number of aryl methyl sites for hydroxylation is 1. The van der Waals surface area contributed by atoms with Gasteiger partial charge in [-0.15, -0.1) is 0 Å². The van der Waals surface area contributed by atoms with E-state index in [1.165, 1.54) is 6.07 Å². The number of ether oxygens (including phenoxy) is 1. The lowest BCUT2D eigenvalue weighted by Gasteiger charge is -2.18. The average Bonchev–Trinajstić information content (AvgIpc) is 2.62. The molecule has 0 aromatic heterocycles. The van der Waals surface area contributed by atoms with Crippen molar-refractivity contribution in [2.75, 3.05) is 0 Å². The summed E-state index contributed by atoms with van der Waals surface area (Å²) in [5, 5.41) is 0.539. The molecule has 0 radical (unpaired) electrons. The Morgan fingerprint density at radius 3 is 2.36 bits per heavy atom. The molecule has 0 amide bonds. The van der Waals surface area contributed by atoms with Gasteiger partial charge in [0.05, 0.1) is 0 Å². The van der Waals surface area contributed by atoms with Gasteiger partial charge in [0.25, 0.3) is 0 Å². The molecule has 1 nitrogen and oxygen atoms in total. The summed E-state index contributed by atoms with van der Waals surface area (Å²) in [5.74, 6) is 0.477. The fourth-order valence-corrected chi connectivity index (χ4v) is 3.31. The van der Waals surface area contributed by atoms with Crippen molar-refractivity contribution in [1.29, 1.82) is 0 Å². The van der Waals surface area contributed by atoms with E-state index >= 15 is 0 Å². The van der Waals surface area contributed by atoms with Crippen LogP contribution in [0.2, 0.25) is 5.02 Å². The molecule has 0 spiro atoms. The molecule has 3 aromatic rings. The Morgan fingerprint density at radius 2 is 1.68 bits per heavy atom. The Kier molecular flexibility index (Phi) is 5.40. The van der Waals surface area contributed by atoms with Gasteiger partial charge in [0.15, 0.2) is 0 Å². The molecule has 3 aromatic carbocycles. The van der Waals surface area contributed by atoms with E-state index in [2.05, 4.69) is 0 Å². The van der Waals surface area contributed by atoms with Crippen LogP contribution in [0, 0.1) is 12.7 Å². The van der Waals surface area contributed by atoms with Crippen molar-refractivity contribution in [3.05, 3.63) is 88.2 Å². The van der Waals surface area contributed by atoms with Crippen LogP contribution in [-0.2, 0) is 13.0 Å². The highest BCUT2D eigenvalue weighted by Crippen LogP contribution is 2.40. The second-order valence-electron chi connectivity index (χ2n) is 5.96. The van der Waals surface area contributed by atoms with Crippen molar-refractivity contribution in [2.24, 2.45) is 0 Å². The standard InChI is InChI=1S/C22H20ClFO/c1-3-17-20(25-14-16-9-5-4-6-10-16)13-12-18(23)22(17)21-15(2)8-7-11-19(21)24/h4-13H,3,14H2,1-2H3. The molecule has 128 valence electrons. The van der Waals surface area contributed by atoms with Crippen LogP contribution in [0.5, 0.6) is 5.75 Å². The molecular weight excluding hydrogens is 335 g/mol. The predicted octanol–water partition coefficient (Wildman–Crippen LogP) is 6.60. The number of halogens is 2. The first kappa shape index (κ1) is 17.5. The first-order valence-electron chi connectivity index (χ1n) is 8.35. The van der Waals surface area contributed by atoms with Crippen LogP contribution in [0.25, 0.3) is 11.1 Å². The Balaban J connectivity index is 2.04. The quantitative estimate of drug-likeness (QED) is 0.501. The van der Waals surface area contributed by atoms with Crippen LogP contribution >= 0.6 is 11.6 Å². The zero-order valence-corrected chi connectivity index (χ0v) is 15.1. The minimum Gasteiger partial charge on any atom is -0.489 e. The lowest BCUT2D eigenvalue weighted by molar-refractivity contribution is 0.303. The van der Waals surface area contributed by atoms with E-state index in [0.29, 0.717) is 23.6 Å². The third kappa shape index (κ3) is 3.69. The monoisotopic (exact) mass is 354 g/mol. The van der Waals surface area contributed by atoms with Gasteiger partial charge >= 0.3 is 0 Å². The zero-order chi connectivity index (χ0) is 17.8. The molecule has 3 heteroatoms. The summed E-state index contributed by atoms with van der Waals surface area (Å²) >= 11 is 6.45. The minimum atomic E-state index is -0.267. The van der Waals surface area contributed by atoms with Gasteiger partial charge in [-0.2, -0.15) is 0 Å². The molecule has 0 atom stereocenters. The summed E-state index contributed by atoms with van der Waals surface area (Å²) in [6.45, 7) is 4.39. The highest BCUT2D eigenvalue weighted by Gasteiger charge is 2.18. The van der Waals surface area contributed by atoms with Crippen LogP contribution in [0.1, 0.15) is 23.6 Å². The minimum absolute atomic E-state index is 0.267. The SMILES string of the molecule is CCc1c(OCc2ccccc2)ccc(Cl)c1-c1c(C)cccc1F. The molecule has 0 saturated carbocycles. The van der Waals surface area contributed by atoms with Crippen LogP contribution in [-0.4, -0.2) is 0 Å². The highest BCUT2D eigenvalue weighted by atomic mass is 35.5. The van der Waals surface area contributed by atoms with Crippen LogP contribution in [0.4, 0.5) is 4.39 Å². The summed E-state index contributed by atoms with van der Waals surface area (Å²) in [6, 6.07) is 18.7. The summed E-state index contributed by atoms with van der Waals surface area (Å²) < 4.78 is 20.5. The van der Waals surface area contributed by atoms with Crippen molar-refractivity contribution in [1.82, 2.24) is 0 Å². The molecule has 25 heavy (non-hydrogen) atoms. The van der Waals surface area contributed by atoms with Crippen LogP contribution < -0.4 is 4.74 Å². The van der Waals surface area contributed by atoms with Crippen molar-refractivity contribution >= 4 is 11.6 Å². The Labute approximate surface area is 153 Å². The molecule has 0 N–H and O–H groups in total. The van der Waals surface area contributed by atoms with Crippen molar-refractivity contribution in [3.8, 4) is 16.9 Å². The molecule has 0 saturated heterocycles. The van der Waals surface area contributed by atoms with E-state index in [4.69, 9.17) is 16.3 Å². The first-order chi connectivity index (χ1) is 12.1. The van der Waals surface area contributed by atoms with Gasteiger partial charge in [-0.25, -0.2) is 4.39 Å². The number of hydrogen-bond donors (Lipinski definition) is 0. The highest BCUT2D eigenvalue weighted by molar-refractivity contribution is 6.33. The number of rotatable bonds is 5. The number of hydrogen-bond acceptors (Lipinski definition) is 1. The summed E-state index contributed by atoms with van der Waals surface area (Å²) in [4.78, 5) is 0. The maximum Gasteiger partial charge on any atom is 0.131 e. The molecule has 0 aliphatic heterocycles. The molecule has 0 aliphatic rings. The van der Waals surface area contributed by atoms with Gasteiger partial charge in [-0.05, 0) is 42.7 Å². The van der Waals surface area contributed by atoms with Gasteiger partial charge in [0.2, 0.25) is 0 Å². The normalized spacial score (nSPS) is 10.7. The van der Waals surface area contributed by atoms with E-state index < -0.39 is 0 Å². The topological polar surface area (TPSA) is 9.23 Å². The second-order valence-corrected chi connectivity index (χ2v) is 6.37. The van der Waals surface area contributed by atoms with Gasteiger partial charge < -0.3 is 4.74 Å². The molecule has 0 fully saturated rings. The predicted molar refractivity (Wildman–Crippen MR) is 102 cm³/mol. The van der Waals surface area contributed by atoms with E-state index in [0.717, 1.165) is 28.0 Å². The fraction of sp³-hybridized carbons (Fsp3) is 0.182. The number of benzene rings is 3. The third-order valence-corrected chi connectivity index (χ3v) is 4.60. The van der Waals surface area contributed by atoms with E-state index in [-0.39, 0.29) is 5.82 Å². The molecule has 3 rings (SSSR count). The summed E-state index contributed by atoms with van der Waals surface area (Å²) in [7, 11) is 0. The largest absolute Gasteiger partial charge is 0.489 e. The van der Waals surface area contributed by atoms with Crippen molar-refractivity contribution in [3.63, 3.8) is 0 Å². The molecule has 0 unspecified atom stereocenters. The van der Waals surface area contributed by atoms with E-state index in [9.17, 15) is 4.39 Å².